The van der Waals surface area contributed by atoms with Gasteiger partial charge in [-0.05, 0) is 30.4 Å². The van der Waals surface area contributed by atoms with E-state index in [4.69, 9.17) is 0 Å². The molecule has 2 N–H and O–H groups in total. The van der Waals surface area contributed by atoms with Crippen molar-refractivity contribution in [3.63, 3.8) is 0 Å². The zero-order valence-electron chi connectivity index (χ0n) is 11.1. The second-order valence-electron chi connectivity index (χ2n) is 5.33. The number of benzene rings is 1. The van der Waals surface area contributed by atoms with Crippen LogP contribution in [-0.4, -0.2) is 18.9 Å². The van der Waals surface area contributed by atoms with Crippen LogP contribution in [0.3, 0.4) is 0 Å². The maximum atomic E-state index is 3.41. The number of amidine groups is 1. The summed E-state index contributed by atoms with van der Waals surface area (Å²) < 4.78 is 0. The van der Waals surface area contributed by atoms with E-state index in [-0.39, 0.29) is 0 Å². The lowest BCUT2D eigenvalue weighted by molar-refractivity contribution is -0.446. The third-order valence-corrected chi connectivity index (χ3v) is 3.31. The summed E-state index contributed by atoms with van der Waals surface area (Å²) in [5.41, 5.74) is 2.82. The van der Waals surface area contributed by atoms with Gasteiger partial charge < -0.3 is 0 Å². The van der Waals surface area contributed by atoms with Crippen molar-refractivity contribution in [3.8, 4) is 0 Å². The van der Waals surface area contributed by atoms with Gasteiger partial charge in [0, 0.05) is 0 Å². The van der Waals surface area contributed by atoms with Gasteiger partial charge in [-0.2, -0.15) is 0 Å². The first-order chi connectivity index (χ1) is 8.16. The van der Waals surface area contributed by atoms with Gasteiger partial charge in [-0.25, -0.2) is 0 Å². The van der Waals surface area contributed by atoms with E-state index in [1.165, 1.54) is 23.4 Å². The minimum absolute atomic E-state index is 0.450. The van der Waals surface area contributed by atoms with Gasteiger partial charge in [-0.3, -0.25) is 10.3 Å². The van der Waals surface area contributed by atoms with Crippen LogP contribution < -0.4 is 10.3 Å². The molecule has 0 aromatic heterocycles. The Hall–Kier alpha value is -1.31. The van der Waals surface area contributed by atoms with Crippen molar-refractivity contribution in [3.05, 3.63) is 35.4 Å². The van der Waals surface area contributed by atoms with E-state index in [9.17, 15) is 0 Å². The summed E-state index contributed by atoms with van der Waals surface area (Å²) in [6.07, 6.45) is 1.17. The van der Waals surface area contributed by atoms with Crippen LogP contribution in [0.25, 0.3) is 0 Å². The van der Waals surface area contributed by atoms with E-state index in [2.05, 4.69) is 55.3 Å². The number of hydrogen-bond donors (Lipinski definition) is 2. The van der Waals surface area contributed by atoms with E-state index in [1.807, 2.05) is 0 Å². The van der Waals surface area contributed by atoms with Gasteiger partial charge in [0.25, 0.3) is 0 Å². The molecule has 0 amide bonds. The van der Waals surface area contributed by atoms with Crippen LogP contribution >= 0.6 is 0 Å². The normalized spacial score (nSPS) is 16.8. The minimum Gasteiger partial charge on any atom is -0.274 e. The summed E-state index contributed by atoms with van der Waals surface area (Å²) in [5, 5.41) is 3.41. The van der Waals surface area contributed by atoms with Gasteiger partial charge in [0.1, 0.15) is 13.1 Å². The Kier molecular flexibility index (Phi) is 3.82. The highest BCUT2D eigenvalue weighted by molar-refractivity contribution is 5.84. The molecule has 0 spiro atoms. The fourth-order valence-electron chi connectivity index (χ4n) is 2.34. The maximum Gasteiger partial charge on any atom is 0.250 e. The van der Waals surface area contributed by atoms with Crippen molar-refractivity contribution < 1.29 is 4.99 Å². The molecule has 2 rings (SSSR count). The van der Waals surface area contributed by atoms with E-state index in [0.717, 1.165) is 19.0 Å². The molecule has 0 radical (unpaired) electrons. The van der Waals surface area contributed by atoms with Crippen molar-refractivity contribution in [1.29, 1.82) is 0 Å². The molecule has 1 heterocycles. The number of hydrogen-bond acceptors (Lipinski definition) is 1. The van der Waals surface area contributed by atoms with Gasteiger partial charge in [-0.15, -0.1) is 0 Å². The Morgan fingerprint density at radius 2 is 1.88 bits per heavy atom. The second kappa shape index (κ2) is 5.35. The largest absolute Gasteiger partial charge is 0.274 e. The van der Waals surface area contributed by atoms with Crippen LogP contribution in [-0.2, 0) is 6.42 Å². The molecule has 2 heteroatoms. The second-order valence-corrected chi connectivity index (χ2v) is 5.33. The molecule has 1 aromatic rings. The minimum atomic E-state index is 0.450. The maximum absolute atomic E-state index is 3.41. The average Bonchev–Trinajstić information content (AvgIpc) is 2.82. The lowest BCUT2D eigenvalue weighted by Gasteiger charge is -2.10. The standard InChI is InChI=1S/C15H22N2/c1-11(2)10-13-4-6-14(7-5-13)12(3)15-16-8-9-17-15/h4-7,11-12H,8-10H2,1-3H3,(H,16,17)/p+1/t12-/m1/s1. The zero-order chi connectivity index (χ0) is 12.3. The highest BCUT2D eigenvalue weighted by Crippen LogP contribution is 2.17. The molecule has 1 aliphatic heterocycles. The number of rotatable bonds is 4. The van der Waals surface area contributed by atoms with Gasteiger partial charge in [0.2, 0.25) is 5.84 Å². The molecule has 1 aromatic carbocycles. The van der Waals surface area contributed by atoms with Crippen molar-refractivity contribution in [2.75, 3.05) is 13.1 Å². The molecule has 17 heavy (non-hydrogen) atoms. The Morgan fingerprint density at radius 1 is 1.18 bits per heavy atom. The highest BCUT2D eigenvalue weighted by atomic mass is 15.1. The molecule has 0 saturated heterocycles. The monoisotopic (exact) mass is 231 g/mol. The summed E-state index contributed by atoms with van der Waals surface area (Å²) in [4.78, 5) is 3.41. The smallest absolute Gasteiger partial charge is 0.250 e. The topological polar surface area (TPSA) is 26.0 Å². The lowest BCUT2D eigenvalue weighted by Crippen LogP contribution is -2.71. The van der Waals surface area contributed by atoms with Gasteiger partial charge in [0.05, 0.1) is 5.92 Å². The van der Waals surface area contributed by atoms with Gasteiger partial charge >= 0.3 is 0 Å². The Bertz CT molecular complexity index is 390. The predicted octanol–water partition coefficient (Wildman–Crippen LogP) is 1.07. The third-order valence-electron chi connectivity index (χ3n) is 3.31. The Balaban J connectivity index is 2.06. The SMILES string of the molecule is CC(C)Cc1ccc([C@@H](C)C2=[NH+]CCN2)cc1. The summed E-state index contributed by atoms with van der Waals surface area (Å²) >= 11 is 0. The van der Waals surface area contributed by atoms with Crippen molar-refractivity contribution >= 4 is 5.84 Å². The van der Waals surface area contributed by atoms with Crippen LogP contribution in [0.4, 0.5) is 0 Å². The van der Waals surface area contributed by atoms with E-state index < -0.39 is 0 Å². The van der Waals surface area contributed by atoms with E-state index in [1.54, 1.807) is 0 Å². The summed E-state index contributed by atoms with van der Waals surface area (Å²) in [6.45, 7) is 8.87. The molecule has 0 unspecified atom stereocenters. The quantitative estimate of drug-likeness (QED) is 0.796. The third kappa shape index (κ3) is 3.09. The first-order valence-electron chi connectivity index (χ1n) is 6.60. The molecule has 2 nitrogen and oxygen atoms in total. The molecule has 0 bridgehead atoms. The number of nitrogens with one attached hydrogen (secondary N) is 2. The molecule has 0 aliphatic carbocycles. The predicted molar refractivity (Wildman–Crippen MR) is 72.2 cm³/mol. The molecular weight excluding hydrogens is 208 g/mol. The van der Waals surface area contributed by atoms with Crippen molar-refractivity contribution in [2.45, 2.75) is 33.1 Å². The van der Waals surface area contributed by atoms with Crippen molar-refractivity contribution in [2.24, 2.45) is 5.92 Å². The molecule has 0 fully saturated rings. The highest BCUT2D eigenvalue weighted by Gasteiger charge is 2.21. The van der Waals surface area contributed by atoms with Crippen LogP contribution in [0.5, 0.6) is 0 Å². The Morgan fingerprint density at radius 3 is 2.41 bits per heavy atom. The fraction of sp³-hybridized carbons (Fsp3) is 0.533. The molecule has 92 valence electrons. The zero-order valence-corrected chi connectivity index (χ0v) is 11.1. The Labute approximate surface area is 104 Å². The van der Waals surface area contributed by atoms with Gasteiger partial charge in [0.15, 0.2) is 0 Å². The molecule has 1 atom stereocenters. The first-order valence-corrected chi connectivity index (χ1v) is 6.60. The van der Waals surface area contributed by atoms with Crippen LogP contribution in [0.15, 0.2) is 24.3 Å². The van der Waals surface area contributed by atoms with Gasteiger partial charge in [-0.1, -0.05) is 38.1 Å². The van der Waals surface area contributed by atoms with E-state index in [0.29, 0.717) is 5.92 Å². The average molecular weight is 231 g/mol. The summed E-state index contributed by atoms with van der Waals surface area (Å²) in [5.74, 6) is 2.44. The molecular formula is C15H23N2+. The van der Waals surface area contributed by atoms with Crippen LogP contribution in [0.2, 0.25) is 0 Å². The lowest BCUT2D eigenvalue weighted by atomic mass is 9.96. The van der Waals surface area contributed by atoms with E-state index >= 15 is 0 Å². The summed E-state index contributed by atoms with van der Waals surface area (Å²) in [6, 6.07) is 9.05. The first kappa shape index (κ1) is 12.2. The van der Waals surface area contributed by atoms with Crippen LogP contribution in [0, 0.1) is 5.92 Å². The molecule has 1 aliphatic rings. The molecule has 0 saturated carbocycles. The van der Waals surface area contributed by atoms with Crippen molar-refractivity contribution in [1.82, 2.24) is 5.32 Å². The summed E-state index contributed by atoms with van der Waals surface area (Å²) in [7, 11) is 0. The fourth-order valence-corrected chi connectivity index (χ4v) is 2.34. The van der Waals surface area contributed by atoms with Crippen LogP contribution in [0.1, 0.15) is 37.8 Å².